The van der Waals surface area contributed by atoms with Gasteiger partial charge in [0.1, 0.15) is 17.5 Å². The third-order valence-corrected chi connectivity index (χ3v) is 3.70. The van der Waals surface area contributed by atoms with Crippen LogP contribution in [0.1, 0.15) is 45.9 Å². The van der Waals surface area contributed by atoms with Crippen molar-refractivity contribution in [3.63, 3.8) is 0 Å². The van der Waals surface area contributed by atoms with Gasteiger partial charge in [-0.15, -0.1) is 0 Å². The number of nitrogens with one attached hydrogen (secondary N) is 1. The molecule has 1 aromatic heterocycles. The molecule has 1 saturated heterocycles. The summed E-state index contributed by atoms with van der Waals surface area (Å²) in [5, 5.41) is 3.15. The Morgan fingerprint density at radius 1 is 1.21 bits per heavy atom. The highest BCUT2D eigenvalue weighted by molar-refractivity contribution is 5.49. The molecule has 1 aromatic rings. The van der Waals surface area contributed by atoms with Crippen molar-refractivity contribution in [1.82, 2.24) is 9.97 Å². The van der Waals surface area contributed by atoms with Gasteiger partial charge in [0.15, 0.2) is 0 Å². The topological polar surface area (TPSA) is 41.0 Å². The summed E-state index contributed by atoms with van der Waals surface area (Å²) in [6.45, 7) is 11.1. The molecule has 0 aromatic carbocycles. The summed E-state index contributed by atoms with van der Waals surface area (Å²) in [5.74, 6) is 4.74. The SMILES string of the molecule is CNc1cc(N2CC(C)CC(C)C2)nc(C(C)C)n1. The molecule has 1 aliphatic rings. The molecule has 106 valence electrons. The zero-order valence-corrected chi connectivity index (χ0v) is 12.8. The lowest BCUT2D eigenvalue weighted by atomic mass is 9.92. The number of anilines is 2. The molecule has 0 radical (unpaired) electrons. The average molecular weight is 262 g/mol. The fourth-order valence-corrected chi connectivity index (χ4v) is 2.85. The zero-order chi connectivity index (χ0) is 14.0. The molecule has 2 unspecified atom stereocenters. The molecule has 0 aliphatic carbocycles. The first-order valence-electron chi connectivity index (χ1n) is 7.31. The van der Waals surface area contributed by atoms with Gasteiger partial charge in [0.25, 0.3) is 0 Å². The first-order valence-corrected chi connectivity index (χ1v) is 7.31. The molecule has 2 rings (SSSR count). The first kappa shape index (κ1) is 14.1. The van der Waals surface area contributed by atoms with E-state index in [-0.39, 0.29) is 0 Å². The molecule has 1 aliphatic heterocycles. The van der Waals surface area contributed by atoms with Crippen LogP contribution in [0.2, 0.25) is 0 Å². The third-order valence-electron chi connectivity index (χ3n) is 3.70. The lowest BCUT2D eigenvalue weighted by Gasteiger charge is -2.36. The fourth-order valence-electron chi connectivity index (χ4n) is 2.85. The van der Waals surface area contributed by atoms with E-state index in [1.54, 1.807) is 0 Å². The predicted molar refractivity (Wildman–Crippen MR) is 80.8 cm³/mol. The molecule has 0 spiro atoms. The van der Waals surface area contributed by atoms with E-state index in [2.05, 4.69) is 49.0 Å². The van der Waals surface area contributed by atoms with Crippen molar-refractivity contribution in [1.29, 1.82) is 0 Å². The van der Waals surface area contributed by atoms with Crippen molar-refractivity contribution < 1.29 is 0 Å². The second kappa shape index (κ2) is 5.76. The summed E-state index contributed by atoms with van der Waals surface area (Å²) in [7, 11) is 1.91. The van der Waals surface area contributed by atoms with Crippen LogP contribution in [0.15, 0.2) is 6.07 Å². The largest absolute Gasteiger partial charge is 0.373 e. The van der Waals surface area contributed by atoms with Crippen molar-refractivity contribution in [3.8, 4) is 0 Å². The molecule has 0 saturated carbocycles. The van der Waals surface area contributed by atoms with Gasteiger partial charge in [-0.05, 0) is 18.3 Å². The highest BCUT2D eigenvalue weighted by Crippen LogP contribution is 2.27. The van der Waals surface area contributed by atoms with Crippen LogP contribution < -0.4 is 10.2 Å². The van der Waals surface area contributed by atoms with Crippen LogP contribution in [-0.2, 0) is 0 Å². The lowest BCUT2D eigenvalue weighted by molar-refractivity contribution is 0.355. The van der Waals surface area contributed by atoms with Crippen molar-refractivity contribution in [2.75, 3.05) is 30.4 Å². The third kappa shape index (κ3) is 3.37. The standard InChI is InChI=1S/C15H26N4/c1-10(2)15-17-13(16-5)7-14(18-15)19-8-11(3)6-12(4)9-19/h7,10-12H,6,8-9H2,1-5H3,(H,16,17,18). The van der Waals surface area contributed by atoms with Gasteiger partial charge in [0.05, 0.1) is 0 Å². The summed E-state index contributed by atoms with van der Waals surface area (Å²) < 4.78 is 0. The number of hydrogen-bond donors (Lipinski definition) is 1. The molecule has 0 bridgehead atoms. The molecule has 4 nitrogen and oxygen atoms in total. The maximum Gasteiger partial charge on any atom is 0.135 e. The van der Waals surface area contributed by atoms with Crippen LogP contribution in [0.25, 0.3) is 0 Å². The van der Waals surface area contributed by atoms with Gasteiger partial charge in [-0.1, -0.05) is 27.7 Å². The minimum absolute atomic E-state index is 0.353. The van der Waals surface area contributed by atoms with Gasteiger partial charge < -0.3 is 10.2 Å². The number of nitrogens with zero attached hydrogens (tertiary/aromatic N) is 3. The van der Waals surface area contributed by atoms with Crippen molar-refractivity contribution in [2.45, 2.75) is 40.0 Å². The second-order valence-electron chi connectivity index (χ2n) is 6.23. The van der Waals surface area contributed by atoms with E-state index in [4.69, 9.17) is 4.98 Å². The van der Waals surface area contributed by atoms with E-state index < -0.39 is 0 Å². The Morgan fingerprint density at radius 3 is 2.37 bits per heavy atom. The van der Waals surface area contributed by atoms with Gasteiger partial charge in [-0.3, -0.25) is 0 Å². The number of hydrogen-bond acceptors (Lipinski definition) is 4. The highest BCUT2D eigenvalue weighted by atomic mass is 15.2. The maximum absolute atomic E-state index is 4.75. The van der Waals surface area contributed by atoms with E-state index in [1.165, 1.54) is 6.42 Å². The summed E-state index contributed by atoms with van der Waals surface area (Å²) in [6.07, 6.45) is 1.32. The summed E-state index contributed by atoms with van der Waals surface area (Å²) >= 11 is 0. The minimum atomic E-state index is 0.353. The molecule has 19 heavy (non-hydrogen) atoms. The summed E-state index contributed by atoms with van der Waals surface area (Å²) in [5.41, 5.74) is 0. The van der Waals surface area contributed by atoms with E-state index in [0.717, 1.165) is 42.4 Å². The Kier molecular flexibility index (Phi) is 4.27. The van der Waals surface area contributed by atoms with Crippen LogP contribution in [0.4, 0.5) is 11.6 Å². The van der Waals surface area contributed by atoms with Crippen molar-refractivity contribution in [2.24, 2.45) is 11.8 Å². The number of rotatable bonds is 3. The van der Waals surface area contributed by atoms with Crippen LogP contribution in [0, 0.1) is 11.8 Å². The number of aromatic nitrogens is 2. The average Bonchev–Trinajstić information content (AvgIpc) is 2.37. The monoisotopic (exact) mass is 262 g/mol. The van der Waals surface area contributed by atoms with Gasteiger partial charge in [-0.25, -0.2) is 9.97 Å². The van der Waals surface area contributed by atoms with Gasteiger partial charge in [0, 0.05) is 32.1 Å². The van der Waals surface area contributed by atoms with Crippen LogP contribution in [-0.4, -0.2) is 30.1 Å². The number of piperidine rings is 1. The zero-order valence-electron chi connectivity index (χ0n) is 12.8. The van der Waals surface area contributed by atoms with Gasteiger partial charge in [0.2, 0.25) is 0 Å². The molecule has 1 fully saturated rings. The smallest absolute Gasteiger partial charge is 0.135 e. The highest BCUT2D eigenvalue weighted by Gasteiger charge is 2.23. The molecule has 4 heteroatoms. The van der Waals surface area contributed by atoms with E-state index >= 15 is 0 Å². The minimum Gasteiger partial charge on any atom is -0.373 e. The Labute approximate surface area is 116 Å². The van der Waals surface area contributed by atoms with E-state index in [0.29, 0.717) is 5.92 Å². The fraction of sp³-hybridized carbons (Fsp3) is 0.733. The molecule has 1 N–H and O–H groups in total. The van der Waals surface area contributed by atoms with Crippen molar-refractivity contribution in [3.05, 3.63) is 11.9 Å². The maximum atomic E-state index is 4.75. The summed E-state index contributed by atoms with van der Waals surface area (Å²) in [4.78, 5) is 11.7. The van der Waals surface area contributed by atoms with E-state index in [1.807, 2.05) is 7.05 Å². The Bertz CT molecular complexity index is 420. The summed E-state index contributed by atoms with van der Waals surface area (Å²) in [6, 6.07) is 2.07. The Hall–Kier alpha value is -1.32. The van der Waals surface area contributed by atoms with Gasteiger partial charge in [-0.2, -0.15) is 0 Å². The second-order valence-corrected chi connectivity index (χ2v) is 6.23. The quantitative estimate of drug-likeness (QED) is 0.908. The molecule has 0 amide bonds. The molecular weight excluding hydrogens is 236 g/mol. The lowest BCUT2D eigenvalue weighted by Crippen LogP contribution is -2.39. The van der Waals surface area contributed by atoms with Crippen LogP contribution in [0.5, 0.6) is 0 Å². The Morgan fingerprint density at radius 2 is 1.84 bits per heavy atom. The van der Waals surface area contributed by atoms with Crippen LogP contribution >= 0.6 is 0 Å². The van der Waals surface area contributed by atoms with Gasteiger partial charge >= 0.3 is 0 Å². The Balaban J connectivity index is 2.30. The molecule has 2 heterocycles. The van der Waals surface area contributed by atoms with Crippen molar-refractivity contribution >= 4 is 11.6 Å². The van der Waals surface area contributed by atoms with E-state index in [9.17, 15) is 0 Å². The first-order chi connectivity index (χ1) is 8.99. The predicted octanol–water partition coefficient (Wildman–Crippen LogP) is 3.12. The van der Waals surface area contributed by atoms with Crippen LogP contribution in [0.3, 0.4) is 0 Å². The molecular formula is C15H26N4. The molecule has 2 atom stereocenters. The normalized spacial score (nSPS) is 23.8.